The molecular weight excluding hydrogens is 148 g/mol. The molecule has 10 heavy (non-hydrogen) atoms. The summed E-state index contributed by atoms with van der Waals surface area (Å²) < 4.78 is 0. The minimum Gasteiger partial charge on any atom is -0.395 e. The first-order chi connectivity index (χ1) is 4.57. The van der Waals surface area contributed by atoms with Crippen LogP contribution in [0.4, 0.5) is 0 Å². The number of nitrogens with two attached hydrogens (primary N) is 1. The number of nitrogens with zero attached hydrogens (tertiary/aromatic N) is 1. The van der Waals surface area contributed by atoms with E-state index in [9.17, 15) is 0 Å². The van der Waals surface area contributed by atoms with E-state index in [1.807, 2.05) is 18.9 Å². The van der Waals surface area contributed by atoms with E-state index in [-0.39, 0.29) is 12.6 Å². The Kier molecular flexibility index (Phi) is 4.51. The Hall–Kier alpha value is -0.190. The van der Waals surface area contributed by atoms with Gasteiger partial charge in [0.1, 0.15) is 0 Å². The minimum absolute atomic E-state index is 0.126. The van der Waals surface area contributed by atoms with Crippen molar-refractivity contribution >= 4 is 17.2 Å². The molecule has 0 radical (unpaired) electrons. The van der Waals surface area contributed by atoms with Gasteiger partial charge < -0.3 is 10.8 Å². The van der Waals surface area contributed by atoms with Gasteiger partial charge in [-0.2, -0.15) is 0 Å². The van der Waals surface area contributed by atoms with Crippen LogP contribution in [-0.4, -0.2) is 41.2 Å². The highest BCUT2D eigenvalue weighted by molar-refractivity contribution is 7.80. The van der Waals surface area contributed by atoms with E-state index in [1.165, 1.54) is 0 Å². The SMILES string of the molecule is CC(CO)N(C)CC(N)=S. The van der Waals surface area contributed by atoms with Crippen molar-refractivity contribution in [2.45, 2.75) is 13.0 Å². The van der Waals surface area contributed by atoms with Gasteiger partial charge in [-0.15, -0.1) is 0 Å². The standard InChI is InChI=1S/C6H14N2OS/c1-5(4-9)8(2)3-6(7)10/h5,9H,3-4H2,1-2H3,(H2,7,10). The maximum Gasteiger partial charge on any atom is 0.0870 e. The monoisotopic (exact) mass is 162 g/mol. The third kappa shape index (κ3) is 3.76. The molecule has 0 spiro atoms. The quantitative estimate of drug-likeness (QED) is 0.552. The second-order valence-corrected chi connectivity index (χ2v) is 2.94. The molecule has 0 bridgehead atoms. The molecule has 0 heterocycles. The smallest absolute Gasteiger partial charge is 0.0870 e. The van der Waals surface area contributed by atoms with Gasteiger partial charge in [0.25, 0.3) is 0 Å². The van der Waals surface area contributed by atoms with Crippen LogP contribution >= 0.6 is 12.2 Å². The summed E-state index contributed by atoms with van der Waals surface area (Å²) in [6.07, 6.45) is 0. The summed E-state index contributed by atoms with van der Waals surface area (Å²) in [4.78, 5) is 2.37. The molecule has 0 rings (SSSR count). The Labute approximate surface area is 66.8 Å². The first-order valence-corrected chi connectivity index (χ1v) is 3.58. The molecule has 0 aromatic carbocycles. The van der Waals surface area contributed by atoms with E-state index in [0.29, 0.717) is 11.5 Å². The fourth-order valence-electron chi connectivity index (χ4n) is 0.541. The molecule has 1 atom stereocenters. The summed E-state index contributed by atoms with van der Waals surface area (Å²) in [6.45, 7) is 2.62. The van der Waals surface area contributed by atoms with Crippen LogP contribution in [0.15, 0.2) is 0 Å². The summed E-state index contributed by atoms with van der Waals surface area (Å²) >= 11 is 4.69. The van der Waals surface area contributed by atoms with E-state index in [1.54, 1.807) is 0 Å². The summed E-state index contributed by atoms with van der Waals surface area (Å²) in [6, 6.07) is 0.126. The van der Waals surface area contributed by atoms with Crippen LogP contribution in [0.25, 0.3) is 0 Å². The zero-order chi connectivity index (χ0) is 8.15. The van der Waals surface area contributed by atoms with E-state index in [4.69, 9.17) is 23.1 Å². The lowest BCUT2D eigenvalue weighted by Gasteiger charge is -2.21. The largest absolute Gasteiger partial charge is 0.395 e. The lowest BCUT2D eigenvalue weighted by atomic mass is 10.3. The third-order valence-electron chi connectivity index (χ3n) is 1.42. The Morgan fingerprint density at radius 2 is 2.30 bits per heavy atom. The molecule has 0 aromatic heterocycles. The average molecular weight is 162 g/mol. The zero-order valence-electron chi connectivity index (χ0n) is 6.37. The van der Waals surface area contributed by atoms with Gasteiger partial charge in [0.2, 0.25) is 0 Å². The lowest BCUT2D eigenvalue weighted by Crippen LogP contribution is -2.37. The predicted molar refractivity (Wildman–Crippen MR) is 46.0 cm³/mol. The number of likely N-dealkylation sites (N-methyl/N-ethyl adjacent to an activating group) is 1. The number of hydrogen-bond donors (Lipinski definition) is 2. The van der Waals surface area contributed by atoms with Crippen molar-refractivity contribution in [2.75, 3.05) is 20.2 Å². The fraction of sp³-hybridized carbons (Fsp3) is 0.833. The van der Waals surface area contributed by atoms with Gasteiger partial charge in [-0.1, -0.05) is 12.2 Å². The normalized spacial score (nSPS) is 13.6. The van der Waals surface area contributed by atoms with Crippen molar-refractivity contribution in [3.05, 3.63) is 0 Å². The molecule has 3 N–H and O–H groups in total. The van der Waals surface area contributed by atoms with Gasteiger partial charge in [0.15, 0.2) is 0 Å². The number of aliphatic hydroxyl groups excluding tert-OH is 1. The number of rotatable bonds is 4. The zero-order valence-corrected chi connectivity index (χ0v) is 7.19. The Morgan fingerprint density at radius 1 is 1.80 bits per heavy atom. The van der Waals surface area contributed by atoms with Crippen LogP contribution in [0.5, 0.6) is 0 Å². The Bertz CT molecular complexity index is 118. The van der Waals surface area contributed by atoms with Crippen LogP contribution in [-0.2, 0) is 0 Å². The van der Waals surface area contributed by atoms with Gasteiger partial charge in [0, 0.05) is 12.6 Å². The van der Waals surface area contributed by atoms with Crippen LogP contribution in [0, 0.1) is 0 Å². The summed E-state index contributed by atoms with van der Waals surface area (Å²) in [5, 5.41) is 8.69. The van der Waals surface area contributed by atoms with Crippen molar-refractivity contribution in [1.29, 1.82) is 0 Å². The van der Waals surface area contributed by atoms with Gasteiger partial charge in [-0.3, -0.25) is 4.90 Å². The summed E-state index contributed by atoms with van der Waals surface area (Å²) in [7, 11) is 1.88. The van der Waals surface area contributed by atoms with E-state index < -0.39 is 0 Å². The van der Waals surface area contributed by atoms with Crippen molar-refractivity contribution in [1.82, 2.24) is 4.90 Å². The highest BCUT2D eigenvalue weighted by Gasteiger charge is 2.06. The maximum atomic E-state index is 8.69. The van der Waals surface area contributed by atoms with E-state index in [2.05, 4.69) is 0 Å². The average Bonchev–Trinajstić information content (AvgIpc) is 1.85. The summed E-state index contributed by atoms with van der Waals surface area (Å²) in [5.74, 6) is 0. The number of hydrogen-bond acceptors (Lipinski definition) is 3. The van der Waals surface area contributed by atoms with Gasteiger partial charge in [0.05, 0.1) is 11.6 Å². The first-order valence-electron chi connectivity index (χ1n) is 3.17. The van der Waals surface area contributed by atoms with Crippen LogP contribution in [0.3, 0.4) is 0 Å². The number of aliphatic hydroxyl groups is 1. The van der Waals surface area contributed by atoms with E-state index in [0.717, 1.165) is 0 Å². The minimum atomic E-state index is 0.126. The molecule has 0 aromatic rings. The van der Waals surface area contributed by atoms with Crippen LogP contribution in [0.1, 0.15) is 6.92 Å². The van der Waals surface area contributed by atoms with Gasteiger partial charge in [-0.05, 0) is 14.0 Å². The first kappa shape index (κ1) is 9.81. The van der Waals surface area contributed by atoms with Crippen LogP contribution < -0.4 is 5.73 Å². The molecule has 0 aliphatic rings. The number of thiocarbonyl (C=S) groups is 1. The highest BCUT2D eigenvalue weighted by Crippen LogP contribution is 1.92. The molecule has 0 amide bonds. The maximum absolute atomic E-state index is 8.69. The van der Waals surface area contributed by atoms with Crippen LogP contribution in [0.2, 0.25) is 0 Å². The van der Waals surface area contributed by atoms with E-state index >= 15 is 0 Å². The fourth-order valence-corrected chi connectivity index (χ4v) is 0.745. The van der Waals surface area contributed by atoms with Gasteiger partial charge in [-0.25, -0.2) is 0 Å². The topological polar surface area (TPSA) is 49.5 Å². The molecule has 0 fully saturated rings. The van der Waals surface area contributed by atoms with Crippen molar-refractivity contribution in [3.63, 3.8) is 0 Å². The second-order valence-electron chi connectivity index (χ2n) is 2.41. The Morgan fingerprint density at radius 3 is 2.60 bits per heavy atom. The molecule has 0 aliphatic heterocycles. The van der Waals surface area contributed by atoms with Crippen molar-refractivity contribution < 1.29 is 5.11 Å². The van der Waals surface area contributed by atoms with Crippen molar-refractivity contribution in [2.24, 2.45) is 5.73 Å². The molecule has 3 nitrogen and oxygen atoms in total. The Balaban J connectivity index is 3.61. The van der Waals surface area contributed by atoms with Gasteiger partial charge >= 0.3 is 0 Å². The second kappa shape index (κ2) is 4.60. The molecule has 4 heteroatoms. The molecular formula is C6H14N2OS. The summed E-state index contributed by atoms with van der Waals surface area (Å²) in [5.41, 5.74) is 5.29. The molecule has 60 valence electrons. The molecule has 1 unspecified atom stereocenters. The highest BCUT2D eigenvalue weighted by atomic mass is 32.1. The molecule has 0 saturated carbocycles. The van der Waals surface area contributed by atoms with Crippen molar-refractivity contribution in [3.8, 4) is 0 Å². The lowest BCUT2D eigenvalue weighted by molar-refractivity contribution is 0.173. The molecule has 0 aliphatic carbocycles. The molecule has 0 saturated heterocycles. The third-order valence-corrected chi connectivity index (χ3v) is 1.55. The predicted octanol–water partition coefficient (Wildman–Crippen LogP) is -0.415.